The average Bonchev–Trinajstić information content (AvgIpc) is 3.39. The Morgan fingerprint density at radius 3 is 2.67 bits per heavy atom. The lowest BCUT2D eigenvalue weighted by Gasteiger charge is -2.36. The summed E-state index contributed by atoms with van der Waals surface area (Å²) in [5.74, 6) is 0.857. The summed E-state index contributed by atoms with van der Waals surface area (Å²) in [6.45, 7) is 2.46. The first-order chi connectivity index (χ1) is 16.2. The highest BCUT2D eigenvalue weighted by Crippen LogP contribution is 2.31. The molecule has 3 aliphatic rings. The monoisotopic (exact) mass is 449 g/mol. The minimum Gasteiger partial charge on any atom is -0.333 e. The predicted molar refractivity (Wildman–Crippen MR) is 127 cm³/mol. The van der Waals surface area contributed by atoms with Crippen LogP contribution in [0.15, 0.2) is 29.3 Å². The third-order valence-electron chi connectivity index (χ3n) is 7.71. The lowest BCUT2D eigenvalue weighted by molar-refractivity contribution is -0.135. The van der Waals surface area contributed by atoms with E-state index in [1.54, 1.807) is 12.4 Å². The molecule has 1 aliphatic carbocycles. The van der Waals surface area contributed by atoms with E-state index in [0.717, 1.165) is 69.4 Å². The Balaban J connectivity index is 1.29. The smallest absolute Gasteiger partial charge is 0.254 e. The van der Waals surface area contributed by atoms with Gasteiger partial charge in [-0.2, -0.15) is 0 Å². The number of carbonyl (C=O) groups is 1. The number of nitrogens with one attached hydrogen (secondary N) is 1. The van der Waals surface area contributed by atoms with Gasteiger partial charge in [-0.25, -0.2) is 4.98 Å². The predicted octanol–water partition coefficient (Wildman–Crippen LogP) is 3.54. The van der Waals surface area contributed by atoms with Crippen molar-refractivity contribution in [2.24, 2.45) is 0 Å². The quantitative estimate of drug-likeness (QED) is 0.729. The van der Waals surface area contributed by atoms with Crippen molar-refractivity contribution >= 4 is 5.91 Å². The molecule has 0 bridgehead atoms. The zero-order valence-corrected chi connectivity index (χ0v) is 19.5. The van der Waals surface area contributed by atoms with Gasteiger partial charge in [0.25, 0.3) is 5.56 Å². The molecule has 0 radical (unpaired) electrons. The summed E-state index contributed by atoms with van der Waals surface area (Å²) < 4.78 is 0. The Hall–Kier alpha value is -2.54. The third kappa shape index (κ3) is 5.03. The minimum atomic E-state index is -0.118. The molecule has 4 heterocycles. The molecule has 1 saturated carbocycles. The number of aryl methyl sites for hydroxylation is 1. The number of hydrogen-bond acceptors (Lipinski definition) is 5. The molecule has 0 unspecified atom stereocenters. The first-order valence-corrected chi connectivity index (χ1v) is 12.7. The van der Waals surface area contributed by atoms with Crippen molar-refractivity contribution in [3.63, 3.8) is 0 Å². The maximum absolute atomic E-state index is 13.2. The molecule has 5 rings (SSSR count). The standard InChI is InChI=1S/C26H35N5O2/c32-24(10-5-6-19-11-14-27-15-12-19)31-16-4-3-9-23(31)25-28-22-18-30(20-7-1-2-8-20)17-13-21(22)26(33)29-25/h11-12,14-15,20,23H,1-10,13,16-18H2,(H,28,29,33)/t23-/m0/s1. The summed E-state index contributed by atoms with van der Waals surface area (Å²) in [5, 5.41) is 0. The van der Waals surface area contributed by atoms with E-state index in [1.165, 1.54) is 31.2 Å². The van der Waals surface area contributed by atoms with E-state index in [2.05, 4.69) is 14.9 Å². The molecule has 33 heavy (non-hydrogen) atoms. The van der Waals surface area contributed by atoms with E-state index >= 15 is 0 Å². The number of carbonyl (C=O) groups excluding carboxylic acids is 1. The number of nitrogens with zero attached hydrogens (tertiary/aromatic N) is 4. The SMILES string of the molecule is O=C(CCCc1ccncc1)N1CCCC[C@H]1c1nc2c(c(=O)[nH]1)CCN(C1CCCC1)C2. The molecule has 7 nitrogen and oxygen atoms in total. The molecule has 1 N–H and O–H groups in total. The van der Waals surface area contributed by atoms with E-state index < -0.39 is 0 Å². The summed E-state index contributed by atoms with van der Waals surface area (Å²) in [6.07, 6.45) is 14.6. The van der Waals surface area contributed by atoms with Gasteiger partial charge in [0.05, 0.1) is 11.7 Å². The normalized spacial score (nSPS) is 21.8. The summed E-state index contributed by atoms with van der Waals surface area (Å²) in [7, 11) is 0. The van der Waals surface area contributed by atoms with Crippen molar-refractivity contribution in [3.8, 4) is 0 Å². The number of fused-ring (bicyclic) bond motifs is 1. The van der Waals surface area contributed by atoms with Crippen molar-refractivity contribution in [3.05, 3.63) is 57.5 Å². The van der Waals surface area contributed by atoms with Gasteiger partial charge in [-0.3, -0.25) is 19.5 Å². The molecule has 1 amide bonds. The highest BCUT2D eigenvalue weighted by atomic mass is 16.2. The van der Waals surface area contributed by atoms with Gasteiger partial charge in [0.2, 0.25) is 5.91 Å². The molecule has 1 atom stereocenters. The first kappa shape index (κ1) is 22.3. The number of pyridine rings is 1. The van der Waals surface area contributed by atoms with Crippen LogP contribution in [0.4, 0.5) is 0 Å². The fraction of sp³-hybridized carbons (Fsp3) is 0.615. The van der Waals surface area contributed by atoms with Gasteiger partial charge in [0, 0.05) is 50.1 Å². The second-order valence-electron chi connectivity index (χ2n) is 9.84. The van der Waals surface area contributed by atoms with Crippen molar-refractivity contribution in [1.82, 2.24) is 24.8 Å². The van der Waals surface area contributed by atoms with Crippen LogP contribution in [0.3, 0.4) is 0 Å². The Morgan fingerprint density at radius 1 is 1.06 bits per heavy atom. The molecule has 2 aromatic rings. The van der Waals surface area contributed by atoms with E-state index in [9.17, 15) is 9.59 Å². The van der Waals surface area contributed by atoms with Gasteiger partial charge in [-0.05, 0) is 69.1 Å². The molecule has 1 saturated heterocycles. The Kier molecular flexibility index (Phi) is 6.85. The molecule has 2 aromatic heterocycles. The minimum absolute atomic E-state index is 0.00303. The number of H-pyrrole nitrogens is 1. The van der Waals surface area contributed by atoms with Crippen molar-refractivity contribution in [1.29, 1.82) is 0 Å². The Bertz CT molecular complexity index is 1020. The largest absolute Gasteiger partial charge is 0.333 e. The van der Waals surface area contributed by atoms with Crippen molar-refractivity contribution < 1.29 is 4.79 Å². The van der Waals surface area contributed by atoms with Crippen LogP contribution in [0.25, 0.3) is 0 Å². The van der Waals surface area contributed by atoms with Crippen LogP contribution in [-0.4, -0.2) is 49.8 Å². The molecule has 2 aliphatic heterocycles. The third-order valence-corrected chi connectivity index (χ3v) is 7.71. The molecule has 7 heteroatoms. The second kappa shape index (κ2) is 10.2. The number of aromatic nitrogens is 3. The van der Waals surface area contributed by atoms with Gasteiger partial charge < -0.3 is 9.88 Å². The number of aromatic amines is 1. The van der Waals surface area contributed by atoms with Crippen LogP contribution in [-0.2, 0) is 24.2 Å². The maximum Gasteiger partial charge on any atom is 0.254 e. The van der Waals surface area contributed by atoms with Crippen LogP contribution in [0, 0.1) is 0 Å². The van der Waals surface area contributed by atoms with Crippen molar-refractivity contribution in [2.75, 3.05) is 13.1 Å². The zero-order chi connectivity index (χ0) is 22.6. The molecule has 0 aromatic carbocycles. The van der Waals surface area contributed by atoms with Crippen molar-refractivity contribution in [2.45, 2.75) is 89.3 Å². The van der Waals surface area contributed by atoms with Crippen LogP contribution in [0.5, 0.6) is 0 Å². The number of amides is 1. The number of rotatable bonds is 6. The molecule has 0 spiro atoms. The van der Waals surface area contributed by atoms with Gasteiger partial charge in [-0.15, -0.1) is 0 Å². The van der Waals surface area contributed by atoms with E-state index in [1.807, 2.05) is 17.0 Å². The molecular weight excluding hydrogens is 414 g/mol. The topological polar surface area (TPSA) is 82.2 Å². The van der Waals surface area contributed by atoms with Gasteiger partial charge in [0.15, 0.2) is 0 Å². The molecule has 176 valence electrons. The van der Waals surface area contributed by atoms with Crippen LogP contribution in [0.1, 0.15) is 86.5 Å². The highest BCUT2D eigenvalue weighted by molar-refractivity contribution is 5.76. The summed E-state index contributed by atoms with van der Waals surface area (Å²) in [6, 6.07) is 4.53. The van der Waals surface area contributed by atoms with E-state index in [-0.39, 0.29) is 17.5 Å². The average molecular weight is 450 g/mol. The highest BCUT2D eigenvalue weighted by Gasteiger charge is 2.32. The molecule has 2 fully saturated rings. The first-order valence-electron chi connectivity index (χ1n) is 12.7. The fourth-order valence-electron chi connectivity index (χ4n) is 5.87. The number of piperidine rings is 1. The number of hydrogen-bond donors (Lipinski definition) is 1. The Labute approximate surface area is 195 Å². The fourth-order valence-corrected chi connectivity index (χ4v) is 5.87. The maximum atomic E-state index is 13.2. The van der Waals surface area contributed by atoms with E-state index in [4.69, 9.17) is 4.98 Å². The molecular formula is C26H35N5O2. The number of likely N-dealkylation sites (tertiary alicyclic amines) is 1. The van der Waals surface area contributed by atoms with Gasteiger partial charge >= 0.3 is 0 Å². The Morgan fingerprint density at radius 2 is 1.85 bits per heavy atom. The van der Waals surface area contributed by atoms with E-state index in [0.29, 0.717) is 18.3 Å². The van der Waals surface area contributed by atoms with Crippen LogP contribution in [0.2, 0.25) is 0 Å². The summed E-state index contributed by atoms with van der Waals surface area (Å²) in [4.78, 5) is 42.7. The summed E-state index contributed by atoms with van der Waals surface area (Å²) in [5.41, 5.74) is 2.99. The second-order valence-corrected chi connectivity index (χ2v) is 9.84. The zero-order valence-electron chi connectivity index (χ0n) is 19.5. The van der Waals surface area contributed by atoms with Crippen LogP contribution >= 0.6 is 0 Å². The van der Waals surface area contributed by atoms with Crippen LogP contribution < -0.4 is 5.56 Å². The lowest BCUT2D eigenvalue weighted by atomic mass is 9.99. The summed E-state index contributed by atoms with van der Waals surface area (Å²) >= 11 is 0. The lowest BCUT2D eigenvalue weighted by Crippen LogP contribution is -2.43. The van der Waals surface area contributed by atoms with Gasteiger partial charge in [-0.1, -0.05) is 12.8 Å². The van der Waals surface area contributed by atoms with Gasteiger partial charge in [0.1, 0.15) is 5.82 Å².